The molecule has 1 aliphatic heterocycles. The van der Waals surface area contributed by atoms with Crippen LogP contribution in [0.3, 0.4) is 0 Å². The number of rotatable bonds is 3. The molecule has 1 saturated heterocycles. The van der Waals surface area contributed by atoms with E-state index in [0.717, 1.165) is 49.7 Å². The number of hydrogen-bond acceptors (Lipinski definition) is 3. The highest BCUT2D eigenvalue weighted by Crippen LogP contribution is 2.33. The highest BCUT2D eigenvalue weighted by Gasteiger charge is 2.41. The Bertz CT molecular complexity index is 500. The van der Waals surface area contributed by atoms with Crippen molar-refractivity contribution in [2.45, 2.75) is 18.9 Å². The molecule has 2 aliphatic rings. The topological polar surface area (TPSA) is 43.8 Å². The Balaban J connectivity index is 1.58. The average Bonchev–Trinajstić information content (AvgIpc) is 2.37. The SMILES string of the molecule is O=C(O)C1CCC1N1CCN(c2cccc(Cl)c2)CC1. The van der Waals surface area contributed by atoms with Crippen molar-refractivity contribution in [3.63, 3.8) is 0 Å². The van der Waals surface area contributed by atoms with Gasteiger partial charge in [-0.25, -0.2) is 0 Å². The number of piperazine rings is 1. The van der Waals surface area contributed by atoms with Crippen molar-refractivity contribution in [2.24, 2.45) is 5.92 Å². The van der Waals surface area contributed by atoms with Crippen LogP contribution in [0, 0.1) is 5.92 Å². The molecule has 2 atom stereocenters. The molecular formula is C15H19ClN2O2. The van der Waals surface area contributed by atoms with E-state index in [0.29, 0.717) is 0 Å². The summed E-state index contributed by atoms with van der Waals surface area (Å²) in [5, 5.41) is 9.90. The molecule has 0 radical (unpaired) electrons. The third-order valence-electron chi connectivity index (χ3n) is 4.51. The molecule has 108 valence electrons. The number of carbonyl (C=O) groups is 1. The lowest BCUT2D eigenvalue weighted by Crippen LogP contribution is -2.57. The lowest BCUT2D eigenvalue weighted by Gasteiger charge is -2.46. The van der Waals surface area contributed by atoms with Crippen molar-refractivity contribution < 1.29 is 9.90 Å². The maximum Gasteiger partial charge on any atom is 0.308 e. The summed E-state index contributed by atoms with van der Waals surface area (Å²) >= 11 is 6.03. The predicted octanol–water partition coefficient (Wildman–Crippen LogP) is 2.33. The molecule has 1 aromatic rings. The molecule has 1 aromatic carbocycles. The van der Waals surface area contributed by atoms with Gasteiger partial charge in [0.15, 0.2) is 0 Å². The van der Waals surface area contributed by atoms with E-state index in [1.807, 2.05) is 18.2 Å². The monoisotopic (exact) mass is 294 g/mol. The second kappa shape index (κ2) is 5.62. The molecular weight excluding hydrogens is 276 g/mol. The maximum absolute atomic E-state index is 11.1. The average molecular weight is 295 g/mol. The lowest BCUT2D eigenvalue weighted by molar-refractivity contribution is -0.149. The van der Waals surface area contributed by atoms with Crippen LogP contribution in [0.5, 0.6) is 0 Å². The fourth-order valence-electron chi connectivity index (χ4n) is 3.19. The first-order valence-electron chi connectivity index (χ1n) is 7.12. The quantitative estimate of drug-likeness (QED) is 0.929. The van der Waals surface area contributed by atoms with Gasteiger partial charge in [0.2, 0.25) is 0 Å². The molecule has 3 rings (SSSR count). The van der Waals surface area contributed by atoms with E-state index in [-0.39, 0.29) is 12.0 Å². The van der Waals surface area contributed by atoms with Gasteiger partial charge < -0.3 is 10.0 Å². The molecule has 0 aromatic heterocycles. The van der Waals surface area contributed by atoms with E-state index in [2.05, 4.69) is 15.9 Å². The van der Waals surface area contributed by atoms with Gasteiger partial charge >= 0.3 is 5.97 Å². The first-order chi connectivity index (χ1) is 9.65. The van der Waals surface area contributed by atoms with Crippen molar-refractivity contribution >= 4 is 23.3 Å². The Morgan fingerprint density at radius 2 is 1.95 bits per heavy atom. The smallest absolute Gasteiger partial charge is 0.308 e. The molecule has 0 amide bonds. The van der Waals surface area contributed by atoms with Crippen LogP contribution in [0.25, 0.3) is 0 Å². The second-order valence-electron chi connectivity index (χ2n) is 5.59. The fourth-order valence-corrected chi connectivity index (χ4v) is 3.38. The van der Waals surface area contributed by atoms with Crippen LogP contribution in [-0.2, 0) is 4.79 Å². The normalized spacial score (nSPS) is 27.1. The molecule has 1 N–H and O–H groups in total. The molecule has 5 heteroatoms. The summed E-state index contributed by atoms with van der Waals surface area (Å²) in [7, 11) is 0. The minimum atomic E-state index is -0.640. The molecule has 1 aliphatic carbocycles. The Morgan fingerprint density at radius 1 is 1.20 bits per heavy atom. The highest BCUT2D eigenvalue weighted by molar-refractivity contribution is 6.30. The van der Waals surface area contributed by atoms with Crippen LogP contribution in [0.4, 0.5) is 5.69 Å². The number of halogens is 1. The third-order valence-corrected chi connectivity index (χ3v) is 4.75. The van der Waals surface area contributed by atoms with E-state index in [1.54, 1.807) is 0 Å². The Hall–Kier alpha value is -1.26. The molecule has 0 bridgehead atoms. The lowest BCUT2D eigenvalue weighted by atomic mass is 9.78. The summed E-state index contributed by atoms with van der Waals surface area (Å²) in [6, 6.07) is 8.16. The Morgan fingerprint density at radius 3 is 2.50 bits per heavy atom. The Kier molecular flexibility index (Phi) is 3.85. The van der Waals surface area contributed by atoms with Gasteiger partial charge in [0.1, 0.15) is 0 Å². The Labute approximate surface area is 123 Å². The maximum atomic E-state index is 11.1. The summed E-state index contributed by atoms with van der Waals surface area (Å²) in [4.78, 5) is 15.8. The van der Waals surface area contributed by atoms with Gasteiger partial charge in [-0.05, 0) is 31.0 Å². The van der Waals surface area contributed by atoms with Gasteiger partial charge in [0, 0.05) is 42.9 Å². The zero-order valence-corrected chi connectivity index (χ0v) is 12.1. The highest BCUT2D eigenvalue weighted by atomic mass is 35.5. The van der Waals surface area contributed by atoms with Gasteiger partial charge in [-0.3, -0.25) is 9.69 Å². The standard InChI is InChI=1S/C15H19ClN2O2/c16-11-2-1-3-12(10-11)17-6-8-18(9-7-17)14-5-4-13(14)15(19)20/h1-3,10,13-14H,4-9H2,(H,19,20). The largest absolute Gasteiger partial charge is 0.481 e. The summed E-state index contributed by atoms with van der Waals surface area (Å²) in [6.45, 7) is 3.73. The van der Waals surface area contributed by atoms with Gasteiger partial charge in [-0.1, -0.05) is 17.7 Å². The van der Waals surface area contributed by atoms with Gasteiger partial charge in [-0.2, -0.15) is 0 Å². The van der Waals surface area contributed by atoms with E-state index in [9.17, 15) is 4.79 Å². The number of anilines is 1. The molecule has 1 saturated carbocycles. The number of carboxylic acid groups (broad SMARTS) is 1. The summed E-state index contributed by atoms with van der Waals surface area (Å²) in [5.41, 5.74) is 1.15. The predicted molar refractivity (Wildman–Crippen MR) is 79.4 cm³/mol. The van der Waals surface area contributed by atoms with Crippen molar-refractivity contribution in [1.82, 2.24) is 4.90 Å². The second-order valence-corrected chi connectivity index (χ2v) is 6.03. The van der Waals surface area contributed by atoms with Crippen LogP contribution in [0.15, 0.2) is 24.3 Å². The van der Waals surface area contributed by atoms with Crippen molar-refractivity contribution in [2.75, 3.05) is 31.1 Å². The fraction of sp³-hybridized carbons (Fsp3) is 0.533. The van der Waals surface area contributed by atoms with Crippen LogP contribution in [-0.4, -0.2) is 48.2 Å². The molecule has 2 unspecified atom stereocenters. The van der Waals surface area contributed by atoms with Crippen molar-refractivity contribution in [3.8, 4) is 0 Å². The number of benzene rings is 1. The third kappa shape index (κ3) is 2.63. The van der Waals surface area contributed by atoms with Gasteiger partial charge in [-0.15, -0.1) is 0 Å². The van der Waals surface area contributed by atoms with Crippen LogP contribution < -0.4 is 4.90 Å². The number of carboxylic acids is 1. The zero-order chi connectivity index (χ0) is 14.1. The first kappa shape index (κ1) is 13.7. The van der Waals surface area contributed by atoms with Gasteiger partial charge in [0.25, 0.3) is 0 Å². The van der Waals surface area contributed by atoms with Gasteiger partial charge in [0.05, 0.1) is 5.92 Å². The van der Waals surface area contributed by atoms with Crippen LogP contribution >= 0.6 is 11.6 Å². The number of nitrogens with zero attached hydrogens (tertiary/aromatic N) is 2. The van der Waals surface area contributed by atoms with Crippen LogP contribution in [0.1, 0.15) is 12.8 Å². The molecule has 1 heterocycles. The van der Waals surface area contributed by atoms with E-state index >= 15 is 0 Å². The summed E-state index contributed by atoms with van der Waals surface area (Å²) in [6.07, 6.45) is 1.85. The minimum Gasteiger partial charge on any atom is -0.481 e. The summed E-state index contributed by atoms with van der Waals surface area (Å²) < 4.78 is 0. The number of hydrogen-bond donors (Lipinski definition) is 1. The molecule has 2 fully saturated rings. The van der Waals surface area contributed by atoms with Crippen LogP contribution in [0.2, 0.25) is 5.02 Å². The summed E-state index contributed by atoms with van der Waals surface area (Å²) in [5.74, 6) is -0.800. The number of aliphatic carboxylic acids is 1. The van der Waals surface area contributed by atoms with Crippen molar-refractivity contribution in [3.05, 3.63) is 29.3 Å². The van der Waals surface area contributed by atoms with Crippen molar-refractivity contribution in [1.29, 1.82) is 0 Å². The minimum absolute atomic E-state index is 0.160. The molecule has 20 heavy (non-hydrogen) atoms. The van der Waals surface area contributed by atoms with E-state index in [1.165, 1.54) is 0 Å². The van der Waals surface area contributed by atoms with E-state index in [4.69, 9.17) is 16.7 Å². The molecule has 4 nitrogen and oxygen atoms in total. The first-order valence-corrected chi connectivity index (χ1v) is 7.50. The van der Waals surface area contributed by atoms with E-state index < -0.39 is 5.97 Å². The zero-order valence-electron chi connectivity index (χ0n) is 11.3. The molecule has 0 spiro atoms.